The predicted molar refractivity (Wildman–Crippen MR) is 115 cm³/mol. The van der Waals surface area contributed by atoms with Crippen molar-refractivity contribution in [2.75, 3.05) is 31.9 Å². The number of aromatic nitrogens is 3. The molecule has 7 nitrogen and oxygen atoms in total. The van der Waals surface area contributed by atoms with Gasteiger partial charge in [0.05, 0.1) is 31.2 Å². The minimum Gasteiger partial charge on any atom is -0.496 e. The van der Waals surface area contributed by atoms with Crippen LogP contribution in [0.15, 0.2) is 36.5 Å². The van der Waals surface area contributed by atoms with E-state index in [1.54, 1.807) is 14.2 Å². The van der Waals surface area contributed by atoms with Gasteiger partial charge in [-0.25, -0.2) is 4.98 Å². The maximum atomic E-state index is 5.78. The molecule has 0 spiro atoms. The second kappa shape index (κ2) is 7.79. The lowest BCUT2D eigenvalue weighted by atomic mass is 10.0. The fourth-order valence-corrected chi connectivity index (χ4v) is 3.44. The standard InChI is InChI=1S/C22H23N5O2/c1-13-10-19(23-2)27-22(25-13)26-16-8-9-18(28-3)20(21(16)29-4)17-11-14-6-5-7-15(14)12-24-17/h5,7-12H,6H2,1-4H3,(H2,23,25,26,27). The van der Waals surface area contributed by atoms with Gasteiger partial charge in [-0.15, -0.1) is 0 Å². The highest BCUT2D eigenvalue weighted by atomic mass is 16.5. The van der Waals surface area contributed by atoms with Crippen molar-refractivity contribution >= 4 is 23.5 Å². The largest absolute Gasteiger partial charge is 0.496 e. The van der Waals surface area contributed by atoms with Crippen LogP contribution in [0.5, 0.6) is 11.5 Å². The van der Waals surface area contributed by atoms with Crippen LogP contribution in [0, 0.1) is 6.92 Å². The minimum atomic E-state index is 0.481. The molecule has 7 heteroatoms. The molecule has 0 unspecified atom stereocenters. The summed E-state index contributed by atoms with van der Waals surface area (Å²) in [5, 5.41) is 6.31. The number of rotatable bonds is 6. The maximum absolute atomic E-state index is 5.78. The first-order chi connectivity index (χ1) is 14.1. The first-order valence-corrected chi connectivity index (χ1v) is 9.34. The number of fused-ring (bicyclic) bond motifs is 1. The molecule has 0 bridgehead atoms. The van der Waals surface area contributed by atoms with Gasteiger partial charge in [0, 0.05) is 25.0 Å². The van der Waals surface area contributed by atoms with Gasteiger partial charge in [0.1, 0.15) is 11.6 Å². The number of methoxy groups -OCH3 is 2. The smallest absolute Gasteiger partial charge is 0.229 e. The normalized spacial score (nSPS) is 11.9. The summed E-state index contributed by atoms with van der Waals surface area (Å²) in [4.78, 5) is 13.6. The van der Waals surface area contributed by atoms with Crippen molar-refractivity contribution in [1.82, 2.24) is 15.0 Å². The van der Waals surface area contributed by atoms with Crippen molar-refractivity contribution in [2.24, 2.45) is 0 Å². The first kappa shape index (κ1) is 18.7. The molecule has 4 rings (SSSR count). The average Bonchev–Trinajstić information content (AvgIpc) is 3.20. The number of aryl methyl sites for hydroxylation is 1. The Morgan fingerprint density at radius 3 is 2.69 bits per heavy atom. The molecule has 2 aromatic heterocycles. The fourth-order valence-electron chi connectivity index (χ4n) is 3.44. The summed E-state index contributed by atoms with van der Waals surface area (Å²) in [6.07, 6.45) is 7.01. The zero-order valence-corrected chi connectivity index (χ0v) is 16.9. The molecule has 0 fully saturated rings. The molecular weight excluding hydrogens is 366 g/mol. The Morgan fingerprint density at radius 1 is 1.07 bits per heavy atom. The van der Waals surface area contributed by atoms with Crippen LogP contribution in [-0.4, -0.2) is 36.2 Å². The van der Waals surface area contributed by atoms with Gasteiger partial charge in [0.15, 0.2) is 5.75 Å². The highest BCUT2D eigenvalue weighted by Crippen LogP contribution is 2.44. The Kier molecular flexibility index (Phi) is 5.03. The number of benzene rings is 1. The third kappa shape index (κ3) is 3.59. The van der Waals surface area contributed by atoms with E-state index < -0.39 is 0 Å². The fraction of sp³-hybridized carbons (Fsp3) is 0.227. The zero-order chi connectivity index (χ0) is 20.4. The molecule has 0 radical (unpaired) electrons. The number of allylic oxidation sites excluding steroid dienone is 1. The topological polar surface area (TPSA) is 81.2 Å². The molecule has 1 aliphatic rings. The van der Waals surface area contributed by atoms with Crippen LogP contribution in [0.4, 0.5) is 17.5 Å². The molecule has 0 saturated heterocycles. The molecule has 0 aliphatic heterocycles. The predicted octanol–water partition coefficient (Wildman–Crippen LogP) is 4.22. The number of pyridine rings is 1. The van der Waals surface area contributed by atoms with E-state index in [9.17, 15) is 0 Å². The molecule has 0 saturated carbocycles. The van der Waals surface area contributed by atoms with Crippen LogP contribution in [0.25, 0.3) is 17.3 Å². The zero-order valence-electron chi connectivity index (χ0n) is 16.9. The molecule has 0 atom stereocenters. The summed E-state index contributed by atoms with van der Waals surface area (Å²) in [6, 6.07) is 7.75. The van der Waals surface area contributed by atoms with Crippen molar-refractivity contribution in [3.05, 3.63) is 53.4 Å². The highest BCUT2D eigenvalue weighted by molar-refractivity contribution is 5.84. The number of hydrogen-bond acceptors (Lipinski definition) is 7. The van der Waals surface area contributed by atoms with E-state index >= 15 is 0 Å². The summed E-state index contributed by atoms with van der Waals surface area (Å²) in [5.74, 6) is 2.53. The van der Waals surface area contributed by atoms with E-state index in [4.69, 9.17) is 9.47 Å². The molecule has 3 aromatic rings. The lowest BCUT2D eigenvalue weighted by Crippen LogP contribution is -2.04. The molecule has 2 N–H and O–H groups in total. The Balaban J connectivity index is 1.81. The number of nitrogens with zero attached hydrogens (tertiary/aromatic N) is 3. The molecule has 1 aliphatic carbocycles. The molecule has 1 aromatic carbocycles. The van der Waals surface area contributed by atoms with Crippen LogP contribution < -0.4 is 20.1 Å². The average molecular weight is 389 g/mol. The number of hydrogen-bond donors (Lipinski definition) is 2. The van der Waals surface area contributed by atoms with E-state index in [-0.39, 0.29) is 0 Å². The summed E-state index contributed by atoms with van der Waals surface area (Å²) < 4.78 is 11.4. The van der Waals surface area contributed by atoms with Crippen molar-refractivity contribution < 1.29 is 9.47 Å². The van der Waals surface area contributed by atoms with Gasteiger partial charge in [-0.3, -0.25) is 4.98 Å². The lowest BCUT2D eigenvalue weighted by Gasteiger charge is -2.18. The lowest BCUT2D eigenvalue weighted by molar-refractivity contribution is 0.398. The van der Waals surface area contributed by atoms with E-state index in [2.05, 4.69) is 43.8 Å². The number of ether oxygens (including phenoxy) is 2. The van der Waals surface area contributed by atoms with Crippen molar-refractivity contribution in [2.45, 2.75) is 13.3 Å². The van der Waals surface area contributed by atoms with Crippen LogP contribution >= 0.6 is 0 Å². The van der Waals surface area contributed by atoms with E-state index in [1.165, 1.54) is 5.56 Å². The van der Waals surface area contributed by atoms with E-state index in [0.29, 0.717) is 17.4 Å². The Morgan fingerprint density at radius 2 is 1.93 bits per heavy atom. The summed E-state index contributed by atoms with van der Waals surface area (Å²) in [7, 11) is 5.10. The molecule has 29 heavy (non-hydrogen) atoms. The van der Waals surface area contributed by atoms with Crippen LogP contribution in [0.1, 0.15) is 16.8 Å². The second-order valence-corrected chi connectivity index (χ2v) is 6.69. The van der Waals surface area contributed by atoms with Gasteiger partial charge in [0.25, 0.3) is 0 Å². The highest BCUT2D eigenvalue weighted by Gasteiger charge is 2.20. The van der Waals surface area contributed by atoms with Crippen LogP contribution in [-0.2, 0) is 6.42 Å². The third-order valence-corrected chi connectivity index (χ3v) is 4.82. The van der Waals surface area contributed by atoms with Gasteiger partial charge < -0.3 is 20.1 Å². The Labute approximate surface area is 169 Å². The van der Waals surface area contributed by atoms with Gasteiger partial charge in [-0.05, 0) is 42.7 Å². The second-order valence-electron chi connectivity index (χ2n) is 6.69. The monoisotopic (exact) mass is 389 g/mol. The van der Waals surface area contributed by atoms with Crippen LogP contribution in [0.3, 0.4) is 0 Å². The molecular formula is C22H23N5O2. The first-order valence-electron chi connectivity index (χ1n) is 9.34. The molecule has 0 amide bonds. The van der Waals surface area contributed by atoms with Gasteiger partial charge in [-0.1, -0.05) is 12.2 Å². The SMILES string of the molecule is CNc1cc(C)nc(Nc2ccc(OC)c(-c3cc4c(cn3)C=CC4)c2OC)n1. The Hall–Kier alpha value is -3.61. The van der Waals surface area contributed by atoms with Crippen molar-refractivity contribution in [3.63, 3.8) is 0 Å². The summed E-state index contributed by atoms with van der Waals surface area (Å²) in [6.45, 7) is 1.92. The van der Waals surface area contributed by atoms with Gasteiger partial charge in [0.2, 0.25) is 5.95 Å². The summed E-state index contributed by atoms with van der Waals surface area (Å²) in [5.41, 5.74) is 5.55. The van der Waals surface area contributed by atoms with Gasteiger partial charge in [-0.2, -0.15) is 4.98 Å². The Bertz CT molecular complexity index is 1090. The minimum absolute atomic E-state index is 0.481. The van der Waals surface area contributed by atoms with Crippen LogP contribution in [0.2, 0.25) is 0 Å². The van der Waals surface area contributed by atoms with Crippen molar-refractivity contribution in [1.29, 1.82) is 0 Å². The summed E-state index contributed by atoms with van der Waals surface area (Å²) >= 11 is 0. The number of anilines is 3. The van der Waals surface area contributed by atoms with E-state index in [0.717, 1.165) is 40.4 Å². The molecule has 148 valence electrons. The maximum Gasteiger partial charge on any atom is 0.229 e. The van der Waals surface area contributed by atoms with Gasteiger partial charge >= 0.3 is 0 Å². The molecule has 2 heterocycles. The quantitative estimate of drug-likeness (QED) is 0.653. The van der Waals surface area contributed by atoms with E-state index in [1.807, 2.05) is 38.4 Å². The third-order valence-electron chi connectivity index (χ3n) is 4.82. The number of nitrogens with one attached hydrogen (secondary N) is 2. The van der Waals surface area contributed by atoms with Crippen molar-refractivity contribution in [3.8, 4) is 22.8 Å².